The van der Waals surface area contributed by atoms with Crippen LogP contribution in [0.25, 0.3) is 12.2 Å². The fourth-order valence-corrected chi connectivity index (χ4v) is 2.25. The van der Waals surface area contributed by atoms with Crippen molar-refractivity contribution in [1.29, 1.82) is 0 Å². The maximum Gasteiger partial charge on any atom is 0.130 e. The fourth-order valence-electron chi connectivity index (χ4n) is 2.25. The van der Waals surface area contributed by atoms with E-state index in [-0.39, 0.29) is 0 Å². The van der Waals surface area contributed by atoms with Gasteiger partial charge in [0.05, 0.1) is 16.8 Å². The molecule has 0 aliphatic rings. The molecule has 0 unspecified atom stereocenters. The first-order valence-corrected chi connectivity index (χ1v) is 11.1. The van der Waals surface area contributed by atoms with E-state index in [4.69, 9.17) is 4.74 Å². The zero-order chi connectivity index (χ0) is 23.9. The lowest BCUT2D eigenvalue weighted by molar-refractivity contribution is 0.197. The molecule has 0 aliphatic heterocycles. The molecule has 0 spiro atoms. The third-order valence-corrected chi connectivity index (χ3v) is 3.53. The van der Waals surface area contributed by atoms with Gasteiger partial charge in [0.2, 0.25) is 0 Å². The topological polar surface area (TPSA) is 22.1 Å². The second-order valence-electron chi connectivity index (χ2n) is 5.22. The Morgan fingerprint density at radius 3 is 1.90 bits per heavy atom. The van der Waals surface area contributed by atoms with Crippen molar-refractivity contribution in [3.63, 3.8) is 0 Å². The quantitative estimate of drug-likeness (QED) is 0.344. The van der Waals surface area contributed by atoms with Crippen LogP contribution in [0.2, 0.25) is 0 Å². The molecule has 0 saturated carbocycles. The number of ether oxygens (including phenoxy) is 1. The van der Waals surface area contributed by atoms with Gasteiger partial charge in [-0.15, -0.1) is 0 Å². The van der Waals surface area contributed by atoms with Gasteiger partial charge in [0.25, 0.3) is 0 Å². The predicted octanol–water partition coefficient (Wildman–Crippen LogP) is 7.43. The van der Waals surface area contributed by atoms with E-state index < -0.39 is 0 Å². The van der Waals surface area contributed by atoms with E-state index in [0.717, 1.165) is 33.2 Å². The van der Waals surface area contributed by atoms with Crippen molar-refractivity contribution in [2.75, 3.05) is 0 Å². The van der Waals surface area contributed by atoms with Crippen molar-refractivity contribution in [2.24, 2.45) is 0 Å². The largest absolute Gasteiger partial charge is 0.492 e. The lowest BCUT2D eigenvalue weighted by atomic mass is 10.1. The predicted molar refractivity (Wildman–Crippen MR) is 139 cm³/mol. The van der Waals surface area contributed by atoms with Gasteiger partial charge in [0, 0.05) is 0 Å². The van der Waals surface area contributed by atoms with Crippen molar-refractivity contribution in [3.05, 3.63) is 88.8 Å². The van der Waals surface area contributed by atoms with Crippen molar-refractivity contribution >= 4 is 12.2 Å². The second kappa shape index (κ2) is 22.7. The van der Waals surface area contributed by atoms with Gasteiger partial charge < -0.3 is 4.74 Å². The van der Waals surface area contributed by atoms with Crippen LogP contribution in [0.15, 0.2) is 72.6 Å². The van der Waals surface area contributed by atoms with E-state index in [0.29, 0.717) is 6.61 Å². The van der Waals surface area contributed by atoms with Crippen LogP contribution < -0.4 is 10.6 Å². The third kappa shape index (κ3) is 12.8. The average Bonchev–Trinajstić information content (AvgIpc) is 2.83. The Bertz CT molecular complexity index is 792. The molecule has 0 radical (unpaired) electrons. The molecule has 0 N–H and O–H groups in total. The van der Waals surface area contributed by atoms with E-state index >= 15 is 0 Å². The Morgan fingerprint density at radius 1 is 0.900 bits per heavy atom. The van der Waals surface area contributed by atoms with Gasteiger partial charge in [-0.05, 0) is 56.2 Å². The lowest BCUT2D eigenvalue weighted by Crippen LogP contribution is -2.28. The molecule has 0 amide bonds. The summed E-state index contributed by atoms with van der Waals surface area (Å²) >= 11 is 0. The van der Waals surface area contributed by atoms with Crippen LogP contribution in [0.5, 0.6) is 0 Å². The van der Waals surface area contributed by atoms with Crippen LogP contribution in [0, 0.1) is 0 Å². The molecule has 0 saturated heterocycles. The molecule has 1 aromatic rings. The SMILES string of the molecule is C=CC(/C=C\C)=C(C=C)\C=C(/C)OCc1ccc(=C/C)/c(=C\C)n1.CC.CC.CC. The van der Waals surface area contributed by atoms with Gasteiger partial charge in [-0.2, -0.15) is 0 Å². The van der Waals surface area contributed by atoms with Crippen molar-refractivity contribution in [3.8, 4) is 0 Å². The zero-order valence-electron chi connectivity index (χ0n) is 21.2. The minimum absolute atomic E-state index is 0.435. The van der Waals surface area contributed by atoms with Gasteiger partial charge in [-0.25, -0.2) is 4.98 Å². The zero-order valence-corrected chi connectivity index (χ0v) is 21.2. The van der Waals surface area contributed by atoms with Crippen LogP contribution in [0.1, 0.15) is 74.9 Å². The number of pyridine rings is 1. The number of nitrogens with zero attached hydrogens (tertiary/aromatic N) is 1. The molecule has 0 bridgehead atoms. The van der Waals surface area contributed by atoms with Crippen LogP contribution in [-0.2, 0) is 11.3 Å². The van der Waals surface area contributed by atoms with Crippen LogP contribution in [0.4, 0.5) is 0 Å². The monoisotopic (exact) mass is 411 g/mol. The summed E-state index contributed by atoms with van der Waals surface area (Å²) in [5.41, 5.74) is 2.90. The summed E-state index contributed by atoms with van der Waals surface area (Å²) in [7, 11) is 0. The molecule has 2 nitrogen and oxygen atoms in total. The molecule has 1 rings (SSSR count). The Hall–Kier alpha value is -2.61. The maximum atomic E-state index is 5.84. The maximum absolute atomic E-state index is 5.84. The van der Waals surface area contributed by atoms with Crippen molar-refractivity contribution in [2.45, 2.75) is 75.8 Å². The summed E-state index contributed by atoms with van der Waals surface area (Å²) in [6, 6.07) is 4.06. The van der Waals surface area contributed by atoms with Gasteiger partial charge in [-0.1, -0.05) is 97.2 Å². The Kier molecular flexibility index (Phi) is 24.2. The van der Waals surface area contributed by atoms with Gasteiger partial charge >= 0.3 is 0 Å². The van der Waals surface area contributed by atoms with Crippen LogP contribution >= 0.6 is 0 Å². The summed E-state index contributed by atoms with van der Waals surface area (Å²) in [4.78, 5) is 4.62. The molecule has 1 heterocycles. The van der Waals surface area contributed by atoms with Gasteiger partial charge in [-0.3, -0.25) is 0 Å². The number of aromatic nitrogens is 1. The lowest BCUT2D eigenvalue weighted by Gasteiger charge is -2.08. The third-order valence-electron chi connectivity index (χ3n) is 3.53. The average molecular weight is 412 g/mol. The summed E-state index contributed by atoms with van der Waals surface area (Å²) in [6.07, 6.45) is 13.6. The molecule has 168 valence electrons. The van der Waals surface area contributed by atoms with Crippen LogP contribution in [-0.4, -0.2) is 4.98 Å². The number of allylic oxidation sites excluding steroid dienone is 8. The number of rotatable bonds is 7. The first-order valence-electron chi connectivity index (χ1n) is 11.1. The fraction of sp³-hybridized carbons (Fsp3) is 0.393. The normalized spacial score (nSPS) is 12.4. The Labute approximate surface area is 186 Å². The second-order valence-corrected chi connectivity index (χ2v) is 5.22. The van der Waals surface area contributed by atoms with E-state index in [1.54, 1.807) is 6.08 Å². The van der Waals surface area contributed by atoms with Gasteiger partial charge in [0.15, 0.2) is 0 Å². The minimum Gasteiger partial charge on any atom is -0.492 e. The smallest absolute Gasteiger partial charge is 0.130 e. The van der Waals surface area contributed by atoms with Gasteiger partial charge in [0.1, 0.15) is 6.61 Å². The highest BCUT2D eigenvalue weighted by Crippen LogP contribution is 2.14. The molecular weight excluding hydrogens is 366 g/mol. The molecular formula is C28H45NO. The Morgan fingerprint density at radius 2 is 1.47 bits per heavy atom. The highest BCUT2D eigenvalue weighted by atomic mass is 16.5. The van der Waals surface area contributed by atoms with E-state index in [1.807, 2.05) is 106 Å². The number of hydrogen-bond acceptors (Lipinski definition) is 2. The van der Waals surface area contributed by atoms with E-state index in [1.165, 1.54) is 0 Å². The summed E-state index contributed by atoms with van der Waals surface area (Å²) < 4.78 is 5.84. The first kappa shape index (κ1) is 32.1. The standard InChI is InChI=1S/C22H27NO.3C2H6/c1-7-12-18(8-2)20(10-4)15-17(6)24-16-21-14-13-19(9-3)22(11-5)23-21;3*1-2/h7-15H,2,4,16H2,1,3,5-6H3;3*1-2H3/b12-7-,17-15+,19-9-,20-18+,22-11+;;;. The summed E-state index contributed by atoms with van der Waals surface area (Å²) in [6.45, 7) is 28.1. The minimum atomic E-state index is 0.435. The molecule has 30 heavy (non-hydrogen) atoms. The molecule has 0 atom stereocenters. The Balaban J connectivity index is -0.00000111. The van der Waals surface area contributed by atoms with E-state index in [9.17, 15) is 0 Å². The summed E-state index contributed by atoms with van der Waals surface area (Å²) in [5.74, 6) is 0.809. The highest BCUT2D eigenvalue weighted by Gasteiger charge is 2.00. The highest BCUT2D eigenvalue weighted by molar-refractivity contribution is 5.45. The van der Waals surface area contributed by atoms with E-state index in [2.05, 4.69) is 30.3 Å². The molecule has 0 fully saturated rings. The van der Waals surface area contributed by atoms with Crippen LogP contribution in [0.3, 0.4) is 0 Å². The first-order chi connectivity index (χ1) is 14.6. The number of hydrogen-bond donors (Lipinski definition) is 0. The molecule has 0 aliphatic carbocycles. The molecule has 0 aromatic carbocycles. The summed E-state index contributed by atoms with van der Waals surface area (Å²) in [5, 5.41) is 2.11. The molecule has 1 aromatic heterocycles. The van der Waals surface area contributed by atoms with Crippen molar-refractivity contribution in [1.82, 2.24) is 4.98 Å². The molecule has 2 heteroatoms. The van der Waals surface area contributed by atoms with Crippen molar-refractivity contribution < 1.29 is 4.74 Å².